The number of oxime groups is 1. The molecule has 2 aromatic carbocycles. The second-order valence-electron chi connectivity index (χ2n) is 5.35. The van der Waals surface area contributed by atoms with Gasteiger partial charge in [-0.1, -0.05) is 65.8 Å². The van der Waals surface area contributed by atoms with Crippen LogP contribution in [0.3, 0.4) is 0 Å². The molecule has 23 heavy (non-hydrogen) atoms. The summed E-state index contributed by atoms with van der Waals surface area (Å²) in [6.07, 6.45) is 1.38. The van der Waals surface area contributed by atoms with Gasteiger partial charge >= 0.3 is 0 Å². The number of hydrogen-bond acceptors (Lipinski definition) is 4. The van der Waals surface area contributed by atoms with E-state index in [0.29, 0.717) is 6.54 Å². The first-order chi connectivity index (χ1) is 11.4. The van der Waals surface area contributed by atoms with Gasteiger partial charge < -0.3 is 9.25 Å². The summed E-state index contributed by atoms with van der Waals surface area (Å²) in [4.78, 5) is 7.90. The molecule has 1 aromatic heterocycles. The summed E-state index contributed by atoms with van der Waals surface area (Å²) in [6, 6.07) is 23.9. The van der Waals surface area contributed by atoms with Gasteiger partial charge in [0.05, 0.1) is 12.8 Å². The van der Waals surface area contributed by atoms with Crippen LogP contribution < -0.4 is 4.90 Å². The van der Waals surface area contributed by atoms with E-state index >= 15 is 0 Å². The second-order valence-corrected chi connectivity index (χ2v) is 5.35. The Kier molecular flexibility index (Phi) is 3.56. The molecule has 4 rings (SSSR count). The SMILES string of the molecule is c1ccc(C2=NOC(c3ccccc3)N(c3ccco3)C2)cc1. The summed E-state index contributed by atoms with van der Waals surface area (Å²) in [5, 5.41) is 4.35. The van der Waals surface area contributed by atoms with E-state index in [1.807, 2.05) is 72.8 Å². The van der Waals surface area contributed by atoms with E-state index in [-0.39, 0.29) is 6.23 Å². The highest BCUT2D eigenvalue weighted by atomic mass is 16.7. The average Bonchev–Trinajstić information content (AvgIpc) is 3.17. The zero-order valence-electron chi connectivity index (χ0n) is 12.5. The average molecular weight is 304 g/mol. The van der Waals surface area contributed by atoms with Crippen LogP contribution in [-0.2, 0) is 4.84 Å². The molecule has 0 bridgehead atoms. The molecule has 4 heteroatoms. The Morgan fingerprint density at radius 2 is 1.61 bits per heavy atom. The Hall–Kier alpha value is -3.01. The number of furan rings is 1. The molecule has 0 spiro atoms. The van der Waals surface area contributed by atoms with Crippen molar-refractivity contribution in [2.24, 2.45) is 5.16 Å². The Labute approximate surface area is 134 Å². The second kappa shape index (κ2) is 6.01. The largest absolute Gasteiger partial charge is 0.449 e. The van der Waals surface area contributed by atoms with Gasteiger partial charge in [0, 0.05) is 17.2 Å². The first-order valence-corrected chi connectivity index (χ1v) is 7.55. The highest BCUT2D eigenvalue weighted by Gasteiger charge is 2.30. The quantitative estimate of drug-likeness (QED) is 0.727. The third-order valence-corrected chi connectivity index (χ3v) is 3.85. The first-order valence-electron chi connectivity index (χ1n) is 7.55. The van der Waals surface area contributed by atoms with Crippen LogP contribution in [0.1, 0.15) is 17.4 Å². The molecule has 1 unspecified atom stereocenters. The van der Waals surface area contributed by atoms with Gasteiger partial charge in [-0.3, -0.25) is 4.90 Å². The topological polar surface area (TPSA) is 38.0 Å². The van der Waals surface area contributed by atoms with Crippen molar-refractivity contribution in [3.05, 3.63) is 90.2 Å². The maximum absolute atomic E-state index is 5.82. The first kappa shape index (κ1) is 13.6. The van der Waals surface area contributed by atoms with Crippen molar-refractivity contribution >= 4 is 11.6 Å². The molecular formula is C19H16N2O2. The van der Waals surface area contributed by atoms with E-state index in [1.54, 1.807) is 6.26 Å². The monoisotopic (exact) mass is 304 g/mol. The zero-order chi connectivity index (χ0) is 15.5. The van der Waals surface area contributed by atoms with Crippen LogP contribution in [0, 0.1) is 0 Å². The van der Waals surface area contributed by atoms with Crippen molar-refractivity contribution in [1.82, 2.24) is 0 Å². The van der Waals surface area contributed by atoms with Gasteiger partial charge in [-0.15, -0.1) is 0 Å². The lowest BCUT2D eigenvalue weighted by atomic mass is 10.1. The van der Waals surface area contributed by atoms with E-state index in [9.17, 15) is 0 Å². The fourth-order valence-electron chi connectivity index (χ4n) is 2.70. The summed E-state index contributed by atoms with van der Waals surface area (Å²) >= 11 is 0. The van der Waals surface area contributed by atoms with Crippen molar-refractivity contribution in [1.29, 1.82) is 0 Å². The molecule has 114 valence electrons. The summed E-state index contributed by atoms with van der Waals surface area (Å²) in [5.41, 5.74) is 2.98. The third kappa shape index (κ3) is 2.71. The van der Waals surface area contributed by atoms with Crippen LogP contribution in [0.25, 0.3) is 0 Å². The van der Waals surface area contributed by atoms with Crippen molar-refractivity contribution in [3.8, 4) is 0 Å². The van der Waals surface area contributed by atoms with Gasteiger partial charge in [-0.2, -0.15) is 0 Å². The number of anilines is 1. The smallest absolute Gasteiger partial charge is 0.228 e. The van der Waals surface area contributed by atoms with E-state index in [2.05, 4.69) is 10.1 Å². The van der Waals surface area contributed by atoms with Gasteiger partial charge in [0.2, 0.25) is 6.23 Å². The number of rotatable bonds is 3. The van der Waals surface area contributed by atoms with E-state index < -0.39 is 0 Å². The minimum Gasteiger partial charge on any atom is -0.449 e. The fraction of sp³-hybridized carbons (Fsp3) is 0.105. The molecular weight excluding hydrogens is 288 g/mol. The minimum absolute atomic E-state index is 0.296. The van der Waals surface area contributed by atoms with Crippen LogP contribution >= 0.6 is 0 Å². The molecule has 0 amide bonds. The predicted octanol–water partition coefficient (Wildman–Crippen LogP) is 4.22. The minimum atomic E-state index is -0.296. The van der Waals surface area contributed by atoms with Crippen LogP contribution in [0.2, 0.25) is 0 Å². The lowest BCUT2D eigenvalue weighted by Crippen LogP contribution is -2.38. The molecule has 1 aliphatic rings. The number of benzene rings is 2. The van der Waals surface area contributed by atoms with Crippen molar-refractivity contribution in [2.75, 3.05) is 11.4 Å². The zero-order valence-corrected chi connectivity index (χ0v) is 12.5. The Bertz CT molecular complexity index is 783. The Morgan fingerprint density at radius 3 is 2.30 bits per heavy atom. The maximum Gasteiger partial charge on any atom is 0.228 e. The van der Waals surface area contributed by atoms with Gasteiger partial charge in [-0.25, -0.2) is 0 Å². The molecule has 0 saturated carbocycles. The lowest BCUT2D eigenvalue weighted by molar-refractivity contribution is 0.0459. The molecule has 2 heterocycles. The molecule has 1 atom stereocenters. The molecule has 4 nitrogen and oxygen atoms in total. The number of hydrogen-bond donors (Lipinski definition) is 0. The maximum atomic E-state index is 5.82. The molecule has 0 N–H and O–H groups in total. The van der Waals surface area contributed by atoms with Gasteiger partial charge in [0.1, 0.15) is 5.71 Å². The van der Waals surface area contributed by atoms with Crippen LogP contribution in [0.4, 0.5) is 5.88 Å². The molecule has 3 aromatic rings. The third-order valence-electron chi connectivity index (χ3n) is 3.85. The fourth-order valence-corrected chi connectivity index (χ4v) is 2.70. The van der Waals surface area contributed by atoms with Crippen LogP contribution in [-0.4, -0.2) is 12.3 Å². The highest BCUT2D eigenvalue weighted by Crippen LogP contribution is 2.31. The van der Waals surface area contributed by atoms with E-state index in [1.165, 1.54) is 0 Å². The van der Waals surface area contributed by atoms with Crippen molar-refractivity contribution < 1.29 is 9.25 Å². The van der Waals surface area contributed by atoms with Crippen molar-refractivity contribution in [2.45, 2.75) is 6.23 Å². The van der Waals surface area contributed by atoms with Crippen LogP contribution in [0.15, 0.2) is 88.6 Å². The van der Waals surface area contributed by atoms with Gasteiger partial charge in [0.15, 0.2) is 5.88 Å². The standard InChI is InChI=1S/C19H16N2O2/c1-3-8-15(9-4-1)17-14-21(18-12-7-13-22-18)19(23-20-17)16-10-5-2-6-11-16/h1-13,19H,14H2. The summed E-state index contributed by atoms with van der Waals surface area (Å²) in [6.45, 7) is 0.622. The van der Waals surface area contributed by atoms with E-state index in [4.69, 9.17) is 9.25 Å². The number of nitrogens with zero attached hydrogens (tertiary/aromatic N) is 2. The molecule has 0 aliphatic carbocycles. The Balaban J connectivity index is 1.71. The lowest BCUT2D eigenvalue weighted by Gasteiger charge is -2.33. The summed E-state index contributed by atoms with van der Waals surface area (Å²) in [7, 11) is 0. The molecule has 1 aliphatic heterocycles. The molecule has 0 radical (unpaired) electrons. The Morgan fingerprint density at radius 1 is 0.870 bits per heavy atom. The van der Waals surface area contributed by atoms with E-state index in [0.717, 1.165) is 22.7 Å². The molecule has 0 saturated heterocycles. The van der Waals surface area contributed by atoms with Gasteiger partial charge in [0.25, 0.3) is 0 Å². The van der Waals surface area contributed by atoms with Gasteiger partial charge in [-0.05, 0) is 6.07 Å². The molecule has 0 fully saturated rings. The predicted molar refractivity (Wildman–Crippen MR) is 89.3 cm³/mol. The van der Waals surface area contributed by atoms with Crippen LogP contribution in [0.5, 0.6) is 0 Å². The highest BCUT2D eigenvalue weighted by molar-refractivity contribution is 6.03. The van der Waals surface area contributed by atoms with Crippen molar-refractivity contribution in [3.63, 3.8) is 0 Å². The summed E-state index contributed by atoms with van der Waals surface area (Å²) < 4.78 is 5.60. The summed E-state index contributed by atoms with van der Waals surface area (Å²) in [5.74, 6) is 0.766. The normalized spacial score (nSPS) is 17.5.